The normalized spacial score (nSPS) is 18.5. The first kappa shape index (κ1) is 16.7. The number of hydrogen-bond acceptors (Lipinski definition) is 5. The van der Waals surface area contributed by atoms with Gasteiger partial charge in [-0.3, -0.25) is 9.36 Å². The van der Waals surface area contributed by atoms with Crippen LogP contribution >= 0.6 is 7.60 Å². The third-order valence-corrected chi connectivity index (χ3v) is 5.44. The molecular formula is C15H20NO5P. The summed E-state index contributed by atoms with van der Waals surface area (Å²) in [6.45, 7) is 1.90. The largest absolute Gasteiger partial charge is 0.497 e. The van der Waals surface area contributed by atoms with Crippen LogP contribution in [0.15, 0.2) is 35.9 Å². The van der Waals surface area contributed by atoms with Crippen molar-refractivity contribution in [3.05, 3.63) is 35.9 Å². The second kappa shape index (κ2) is 6.65. The molecule has 0 saturated heterocycles. The van der Waals surface area contributed by atoms with E-state index in [0.717, 1.165) is 5.69 Å². The molecule has 7 heteroatoms. The summed E-state index contributed by atoms with van der Waals surface area (Å²) >= 11 is 0. The molecule has 22 heavy (non-hydrogen) atoms. The van der Waals surface area contributed by atoms with Crippen LogP contribution in [0.5, 0.6) is 5.75 Å². The Labute approximate surface area is 130 Å². The molecule has 1 aliphatic rings. The lowest BCUT2D eigenvalue weighted by Gasteiger charge is -2.23. The first-order chi connectivity index (χ1) is 10.4. The zero-order valence-electron chi connectivity index (χ0n) is 13.1. The van der Waals surface area contributed by atoms with Crippen LogP contribution in [0.1, 0.15) is 6.92 Å². The number of hydrogen-bond donors (Lipinski definition) is 0. The number of carbonyl (C=O) groups is 1. The van der Waals surface area contributed by atoms with Crippen molar-refractivity contribution in [1.82, 2.24) is 0 Å². The number of ether oxygens (including phenoxy) is 1. The minimum atomic E-state index is -3.27. The first-order valence-electron chi connectivity index (χ1n) is 6.83. The van der Waals surface area contributed by atoms with Gasteiger partial charge < -0.3 is 18.7 Å². The summed E-state index contributed by atoms with van der Waals surface area (Å²) in [6, 6.07) is 7.11. The van der Waals surface area contributed by atoms with Crippen LogP contribution in [0.2, 0.25) is 0 Å². The number of carbonyl (C=O) groups excluding carboxylic acids is 1. The van der Waals surface area contributed by atoms with Crippen LogP contribution in [-0.4, -0.2) is 39.4 Å². The van der Waals surface area contributed by atoms with Gasteiger partial charge in [0.2, 0.25) is 0 Å². The lowest BCUT2D eigenvalue weighted by Crippen LogP contribution is -2.33. The molecule has 1 heterocycles. The second-order valence-corrected chi connectivity index (χ2v) is 7.21. The SMILES string of the molecule is COc1cccc(N2C(=O)C(CP(=O)(OC)OC)=CC2C)c1. The molecule has 0 fully saturated rings. The Morgan fingerprint density at radius 3 is 2.50 bits per heavy atom. The highest BCUT2D eigenvalue weighted by molar-refractivity contribution is 7.54. The van der Waals surface area contributed by atoms with Crippen LogP contribution < -0.4 is 9.64 Å². The number of rotatable bonds is 6. The maximum absolute atomic E-state index is 12.6. The molecule has 2 rings (SSSR count). The summed E-state index contributed by atoms with van der Waals surface area (Å²) in [4.78, 5) is 14.2. The van der Waals surface area contributed by atoms with E-state index in [4.69, 9.17) is 13.8 Å². The fourth-order valence-electron chi connectivity index (χ4n) is 2.42. The van der Waals surface area contributed by atoms with Gasteiger partial charge in [0.25, 0.3) is 5.91 Å². The molecule has 120 valence electrons. The van der Waals surface area contributed by atoms with Crippen molar-refractivity contribution < 1.29 is 23.1 Å². The van der Waals surface area contributed by atoms with E-state index in [9.17, 15) is 9.36 Å². The maximum atomic E-state index is 12.6. The van der Waals surface area contributed by atoms with Crippen molar-refractivity contribution >= 4 is 19.2 Å². The van der Waals surface area contributed by atoms with Gasteiger partial charge in [0, 0.05) is 31.5 Å². The summed E-state index contributed by atoms with van der Waals surface area (Å²) in [7, 11) is 0.933. The molecule has 0 saturated carbocycles. The van der Waals surface area contributed by atoms with Crippen LogP contribution in [0, 0.1) is 0 Å². The maximum Gasteiger partial charge on any atom is 0.334 e. The topological polar surface area (TPSA) is 65.1 Å². The number of anilines is 1. The lowest BCUT2D eigenvalue weighted by molar-refractivity contribution is -0.114. The molecular weight excluding hydrogens is 305 g/mol. The van der Waals surface area contributed by atoms with Gasteiger partial charge in [-0.25, -0.2) is 0 Å². The van der Waals surface area contributed by atoms with E-state index in [1.54, 1.807) is 24.2 Å². The van der Waals surface area contributed by atoms with Crippen molar-refractivity contribution in [2.24, 2.45) is 0 Å². The molecule has 0 aromatic heterocycles. The van der Waals surface area contributed by atoms with E-state index in [1.807, 2.05) is 25.1 Å². The number of nitrogens with zero attached hydrogens (tertiary/aromatic N) is 1. The fraction of sp³-hybridized carbons (Fsp3) is 0.400. The van der Waals surface area contributed by atoms with Crippen molar-refractivity contribution in [1.29, 1.82) is 0 Å². The smallest absolute Gasteiger partial charge is 0.334 e. The predicted octanol–water partition coefficient (Wildman–Crippen LogP) is 2.84. The average molecular weight is 325 g/mol. The second-order valence-electron chi connectivity index (χ2n) is 4.94. The Hall–Kier alpha value is -1.62. The van der Waals surface area contributed by atoms with Gasteiger partial charge in [0.05, 0.1) is 19.3 Å². The van der Waals surface area contributed by atoms with Gasteiger partial charge in [-0.2, -0.15) is 0 Å². The molecule has 1 aromatic rings. The molecule has 0 N–H and O–H groups in total. The van der Waals surface area contributed by atoms with Crippen molar-refractivity contribution in [2.75, 3.05) is 32.4 Å². The molecule has 1 unspecified atom stereocenters. The summed E-state index contributed by atoms with van der Waals surface area (Å²) in [5.41, 5.74) is 1.16. The van der Waals surface area contributed by atoms with Crippen LogP contribution in [0.4, 0.5) is 5.69 Å². The molecule has 1 atom stereocenters. The Morgan fingerprint density at radius 1 is 1.23 bits per heavy atom. The molecule has 6 nitrogen and oxygen atoms in total. The molecule has 0 bridgehead atoms. The number of amides is 1. The van der Waals surface area contributed by atoms with Gasteiger partial charge in [-0.15, -0.1) is 0 Å². The third kappa shape index (κ3) is 3.24. The molecule has 0 spiro atoms. The Kier molecular flexibility index (Phi) is 5.06. The van der Waals surface area contributed by atoms with E-state index in [0.29, 0.717) is 11.3 Å². The average Bonchev–Trinajstić information content (AvgIpc) is 2.81. The fourth-order valence-corrected chi connectivity index (χ4v) is 3.49. The minimum Gasteiger partial charge on any atom is -0.497 e. The van der Waals surface area contributed by atoms with Crippen molar-refractivity contribution in [2.45, 2.75) is 13.0 Å². The summed E-state index contributed by atoms with van der Waals surface area (Å²) in [5.74, 6) is 0.473. The Balaban J connectivity index is 2.25. The van der Waals surface area contributed by atoms with Crippen LogP contribution in [0.25, 0.3) is 0 Å². The lowest BCUT2D eigenvalue weighted by atomic mass is 10.2. The molecule has 1 aromatic carbocycles. The predicted molar refractivity (Wildman–Crippen MR) is 84.5 cm³/mol. The highest BCUT2D eigenvalue weighted by Crippen LogP contribution is 2.49. The quantitative estimate of drug-likeness (QED) is 0.753. The number of benzene rings is 1. The van der Waals surface area contributed by atoms with Crippen LogP contribution in [0.3, 0.4) is 0 Å². The highest BCUT2D eigenvalue weighted by atomic mass is 31.2. The summed E-state index contributed by atoms with van der Waals surface area (Å²) in [6.07, 6.45) is 1.75. The first-order valence-corrected chi connectivity index (χ1v) is 8.55. The highest BCUT2D eigenvalue weighted by Gasteiger charge is 2.35. The van der Waals surface area contributed by atoms with Gasteiger partial charge >= 0.3 is 7.60 Å². The number of methoxy groups -OCH3 is 1. The van der Waals surface area contributed by atoms with Crippen molar-refractivity contribution in [3.63, 3.8) is 0 Å². The zero-order chi connectivity index (χ0) is 16.3. The van der Waals surface area contributed by atoms with E-state index in [2.05, 4.69) is 0 Å². The summed E-state index contributed by atoms with van der Waals surface area (Å²) in [5, 5.41) is 0. The standard InChI is InChI=1S/C15H20NO5P/c1-11-8-12(10-22(18,20-3)21-4)15(17)16(11)13-6-5-7-14(9-13)19-2/h5-9,11H,10H2,1-4H3. The van der Waals surface area contributed by atoms with E-state index in [1.165, 1.54) is 14.2 Å². The van der Waals surface area contributed by atoms with Gasteiger partial charge in [-0.05, 0) is 19.1 Å². The minimum absolute atomic E-state index is 0.0381. The van der Waals surface area contributed by atoms with E-state index in [-0.39, 0.29) is 18.1 Å². The van der Waals surface area contributed by atoms with Crippen molar-refractivity contribution in [3.8, 4) is 5.75 Å². The van der Waals surface area contributed by atoms with Crippen LogP contribution in [-0.2, 0) is 18.4 Å². The molecule has 0 radical (unpaired) electrons. The summed E-state index contributed by atoms with van der Waals surface area (Å²) < 4.78 is 27.2. The van der Waals surface area contributed by atoms with Gasteiger partial charge in [0.1, 0.15) is 5.75 Å². The van der Waals surface area contributed by atoms with E-state index >= 15 is 0 Å². The third-order valence-electron chi connectivity index (χ3n) is 3.59. The monoisotopic (exact) mass is 325 g/mol. The van der Waals surface area contributed by atoms with Gasteiger partial charge in [0.15, 0.2) is 0 Å². The molecule has 1 amide bonds. The van der Waals surface area contributed by atoms with E-state index < -0.39 is 7.60 Å². The Morgan fingerprint density at radius 2 is 1.91 bits per heavy atom. The van der Waals surface area contributed by atoms with Gasteiger partial charge in [-0.1, -0.05) is 12.1 Å². The zero-order valence-corrected chi connectivity index (χ0v) is 14.0. The molecule has 1 aliphatic heterocycles. The molecule has 0 aliphatic carbocycles. The Bertz CT molecular complexity index is 635.